The lowest BCUT2D eigenvalue weighted by Crippen LogP contribution is -2.44. The molecule has 1 fully saturated rings. The van der Waals surface area contributed by atoms with Crippen LogP contribution in [0.15, 0.2) is 36.4 Å². The van der Waals surface area contributed by atoms with E-state index in [9.17, 15) is 5.26 Å². The van der Waals surface area contributed by atoms with Crippen molar-refractivity contribution in [2.24, 2.45) is 0 Å². The summed E-state index contributed by atoms with van der Waals surface area (Å²) in [5.41, 5.74) is 6.36. The molecular formula is C25H29N7. The lowest BCUT2D eigenvalue weighted by atomic mass is 9.94. The molecule has 3 aromatic rings. The maximum Gasteiger partial charge on any atom is 0.160 e. The molecule has 2 aliphatic rings. The van der Waals surface area contributed by atoms with Gasteiger partial charge < -0.3 is 10.2 Å². The average Bonchev–Trinajstić information content (AvgIpc) is 3.16. The van der Waals surface area contributed by atoms with Crippen LogP contribution in [0, 0.1) is 25.2 Å². The molecule has 1 N–H and O–H groups in total. The highest BCUT2D eigenvalue weighted by atomic mass is 15.3. The van der Waals surface area contributed by atoms with Crippen molar-refractivity contribution in [2.75, 3.05) is 37.6 Å². The van der Waals surface area contributed by atoms with Crippen LogP contribution in [0.5, 0.6) is 0 Å². The molecule has 2 aromatic heterocycles. The fourth-order valence-electron chi connectivity index (χ4n) is 4.88. The van der Waals surface area contributed by atoms with Crippen molar-refractivity contribution in [3.8, 4) is 11.9 Å². The Labute approximate surface area is 189 Å². The summed E-state index contributed by atoms with van der Waals surface area (Å²) in [6.45, 7) is 10.2. The quantitative estimate of drug-likeness (QED) is 0.690. The Balaban J connectivity index is 1.61. The van der Waals surface area contributed by atoms with Gasteiger partial charge in [0.2, 0.25) is 0 Å². The number of aromatic nitrogens is 3. The van der Waals surface area contributed by atoms with E-state index in [0.29, 0.717) is 0 Å². The van der Waals surface area contributed by atoms with E-state index >= 15 is 0 Å². The van der Waals surface area contributed by atoms with Crippen LogP contribution in [-0.4, -0.2) is 52.4 Å². The van der Waals surface area contributed by atoms with Gasteiger partial charge in [-0.2, -0.15) is 10.4 Å². The van der Waals surface area contributed by atoms with Crippen molar-refractivity contribution >= 4 is 5.82 Å². The molecule has 0 unspecified atom stereocenters. The Hall–Kier alpha value is -3.21. The average molecular weight is 428 g/mol. The third-order valence-corrected chi connectivity index (χ3v) is 6.42. The van der Waals surface area contributed by atoms with Crippen molar-refractivity contribution in [1.82, 2.24) is 25.0 Å². The van der Waals surface area contributed by atoms with Gasteiger partial charge in [-0.3, -0.25) is 4.90 Å². The molecule has 0 bridgehead atoms. The second-order valence-electron chi connectivity index (χ2n) is 8.73. The first-order valence-corrected chi connectivity index (χ1v) is 11.4. The van der Waals surface area contributed by atoms with E-state index in [1.165, 1.54) is 5.56 Å². The number of anilines is 1. The molecule has 0 atom stereocenters. The molecule has 1 saturated heterocycles. The third-order valence-electron chi connectivity index (χ3n) is 6.42. The molecule has 4 heterocycles. The molecule has 5 rings (SSSR count). The number of rotatable bonds is 4. The molecule has 2 aliphatic heterocycles. The molecule has 7 nitrogen and oxygen atoms in total. The maximum absolute atomic E-state index is 10.2. The first-order valence-electron chi connectivity index (χ1n) is 11.4. The Morgan fingerprint density at radius 3 is 2.50 bits per heavy atom. The maximum atomic E-state index is 10.2. The summed E-state index contributed by atoms with van der Waals surface area (Å²) in [5.74, 6) is 1.68. The van der Waals surface area contributed by atoms with Gasteiger partial charge in [-0.15, -0.1) is 0 Å². The molecule has 1 aromatic carbocycles. The highest BCUT2D eigenvalue weighted by Crippen LogP contribution is 2.33. The number of piperazine rings is 1. The molecule has 0 saturated carbocycles. The Bertz CT molecular complexity index is 1150. The van der Waals surface area contributed by atoms with E-state index in [2.05, 4.69) is 64.5 Å². The number of aryl methyl sites for hydroxylation is 2. The molecule has 7 heteroatoms. The van der Waals surface area contributed by atoms with Crippen LogP contribution in [0.4, 0.5) is 5.82 Å². The van der Waals surface area contributed by atoms with E-state index < -0.39 is 0 Å². The number of fused-ring (bicyclic) bond motifs is 1. The lowest BCUT2D eigenvalue weighted by molar-refractivity contribution is 0.244. The third kappa shape index (κ3) is 3.88. The monoisotopic (exact) mass is 427 g/mol. The van der Waals surface area contributed by atoms with Crippen LogP contribution < -0.4 is 10.2 Å². The van der Waals surface area contributed by atoms with Crippen molar-refractivity contribution in [3.63, 3.8) is 0 Å². The highest BCUT2D eigenvalue weighted by Gasteiger charge is 2.29. The van der Waals surface area contributed by atoms with Crippen molar-refractivity contribution in [1.29, 1.82) is 5.26 Å². The Morgan fingerprint density at radius 1 is 1.03 bits per heavy atom. The van der Waals surface area contributed by atoms with Crippen LogP contribution in [0.25, 0.3) is 5.82 Å². The van der Waals surface area contributed by atoms with Gasteiger partial charge in [0.25, 0.3) is 0 Å². The van der Waals surface area contributed by atoms with Gasteiger partial charge in [-0.1, -0.05) is 30.3 Å². The van der Waals surface area contributed by atoms with E-state index in [1.807, 2.05) is 11.6 Å². The molecule has 0 amide bonds. The second kappa shape index (κ2) is 8.73. The zero-order valence-electron chi connectivity index (χ0n) is 18.8. The van der Waals surface area contributed by atoms with E-state index in [4.69, 9.17) is 10.1 Å². The summed E-state index contributed by atoms with van der Waals surface area (Å²) < 4.78 is 1.97. The number of hydrogen-bond donors (Lipinski definition) is 1. The van der Waals surface area contributed by atoms with Gasteiger partial charge in [0.1, 0.15) is 11.9 Å². The van der Waals surface area contributed by atoms with Crippen LogP contribution in [-0.2, 0) is 19.5 Å². The first-order chi connectivity index (χ1) is 15.6. The van der Waals surface area contributed by atoms with Crippen LogP contribution >= 0.6 is 0 Å². The van der Waals surface area contributed by atoms with Crippen molar-refractivity contribution in [3.05, 3.63) is 70.0 Å². The standard InChI is InChI=1S/C25H29N7/c1-18-14-19(2)32(29-18)25-23-17-30(16-20-6-4-3-5-7-20)11-8-21(23)22(15-26)24(28-25)31-12-9-27-10-13-31/h3-7,14,27H,8-13,16-17H2,1-2H3. The molecule has 0 spiro atoms. The predicted octanol–water partition coefficient (Wildman–Crippen LogP) is 2.72. The number of nitrogens with one attached hydrogen (secondary N) is 1. The molecule has 0 radical (unpaired) electrons. The predicted molar refractivity (Wildman–Crippen MR) is 125 cm³/mol. The number of pyridine rings is 1. The van der Waals surface area contributed by atoms with Gasteiger partial charge in [0.05, 0.1) is 11.3 Å². The SMILES string of the molecule is Cc1cc(C)n(-c2nc(N3CCNCC3)c(C#N)c3c2CN(Cc2ccccc2)CC3)n1. The number of nitrogens with zero attached hydrogens (tertiary/aromatic N) is 6. The summed E-state index contributed by atoms with van der Waals surface area (Å²) in [5, 5.41) is 18.3. The van der Waals surface area contributed by atoms with Gasteiger partial charge in [0, 0.05) is 57.1 Å². The Kier molecular flexibility index (Phi) is 5.64. The first kappa shape index (κ1) is 20.7. The van der Waals surface area contributed by atoms with Crippen molar-refractivity contribution < 1.29 is 0 Å². The largest absolute Gasteiger partial charge is 0.353 e. The fourth-order valence-corrected chi connectivity index (χ4v) is 4.88. The molecular weight excluding hydrogens is 398 g/mol. The van der Waals surface area contributed by atoms with Gasteiger partial charge in [-0.25, -0.2) is 9.67 Å². The summed E-state index contributed by atoms with van der Waals surface area (Å²) in [6.07, 6.45) is 0.846. The summed E-state index contributed by atoms with van der Waals surface area (Å²) >= 11 is 0. The lowest BCUT2D eigenvalue weighted by Gasteiger charge is -2.34. The van der Waals surface area contributed by atoms with Crippen LogP contribution in [0.3, 0.4) is 0 Å². The minimum absolute atomic E-state index is 0.742. The highest BCUT2D eigenvalue weighted by molar-refractivity contribution is 5.64. The number of hydrogen-bond acceptors (Lipinski definition) is 6. The van der Waals surface area contributed by atoms with Crippen LogP contribution in [0.2, 0.25) is 0 Å². The number of benzene rings is 1. The molecule has 32 heavy (non-hydrogen) atoms. The topological polar surface area (TPSA) is 73.0 Å². The van der Waals surface area contributed by atoms with E-state index in [0.717, 1.165) is 91.9 Å². The summed E-state index contributed by atoms with van der Waals surface area (Å²) in [7, 11) is 0. The van der Waals surface area contributed by atoms with Gasteiger partial charge in [-0.05, 0) is 37.5 Å². The summed E-state index contributed by atoms with van der Waals surface area (Å²) in [6, 6.07) is 15.2. The number of nitriles is 1. The molecule has 164 valence electrons. The zero-order chi connectivity index (χ0) is 22.1. The smallest absolute Gasteiger partial charge is 0.160 e. The summed E-state index contributed by atoms with van der Waals surface area (Å²) in [4.78, 5) is 9.81. The van der Waals surface area contributed by atoms with E-state index in [-0.39, 0.29) is 0 Å². The zero-order valence-corrected chi connectivity index (χ0v) is 18.8. The Morgan fingerprint density at radius 2 is 1.81 bits per heavy atom. The van der Waals surface area contributed by atoms with E-state index in [1.54, 1.807) is 0 Å². The van der Waals surface area contributed by atoms with Gasteiger partial charge >= 0.3 is 0 Å². The second-order valence-corrected chi connectivity index (χ2v) is 8.73. The molecule has 0 aliphatic carbocycles. The fraction of sp³-hybridized carbons (Fsp3) is 0.400. The van der Waals surface area contributed by atoms with Crippen molar-refractivity contribution in [2.45, 2.75) is 33.4 Å². The minimum atomic E-state index is 0.742. The normalized spacial score (nSPS) is 16.6. The van der Waals surface area contributed by atoms with Crippen LogP contribution in [0.1, 0.15) is 33.6 Å². The van der Waals surface area contributed by atoms with Gasteiger partial charge in [0.15, 0.2) is 5.82 Å². The minimum Gasteiger partial charge on any atom is -0.353 e.